The second kappa shape index (κ2) is 7.40. The number of rotatable bonds is 7. The number of pyridine rings is 1. The lowest BCUT2D eigenvalue weighted by Gasteiger charge is -2.40. The largest absolute Gasteiger partial charge is 0.476 e. The molecule has 2 aliphatic rings. The van der Waals surface area contributed by atoms with Crippen LogP contribution in [0.3, 0.4) is 0 Å². The Labute approximate surface area is 171 Å². The summed E-state index contributed by atoms with van der Waals surface area (Å²) in [5.74, 6) is -1.99. The van der Waals surface area contributed by atoms with Crippen LogP contribution in [0.4, 0.5) is 19.3 Å². The second-order valence-electron chi connectivity index (χ2n) is 7.92. The van der Waals surface area contributed by atoms with Crippen molar-refractivity contribution in [1.29, 1.82) is 0 Å². The lowest BCUT2D eigenvalue weighted by molar-refractivity contribution is -0.0265. The van der Waals surface area contributed by atoms with E-state index in [9.17, 15) is 13.6 Å². The number of ether oxygens (including phenoxy) is 2. The first-order valence-corrected chi connectivity index (χ1v) is 10.3. The van der Waals surface area contributed by atoms with Crippen molar-refractivity contribution in [2.45, 2.75) is 38.2 Å². The van der Waals surface area contributed by atoms with E-state index >= 15 is 0 Å². The average Bonchev–Trinajstić information content (AvgIpc) is 3.26. The number of thiazole rings is 1. The maximum atomic E-state index is 13.3. The molecule has 0 radical (unpaired) electrons. The molecule has 0 spiro atoms. The number of nitrogens with zero attached hydrogens (tertiary/aromatic N) is 3. The van der Waals surface area contributed by atoms with Gasteiger partial charge in [0.2, 0.25) is 11.8 Å². The molecule has 7 nitrogen and oxygen atoms in total. The Morgan fingerprint density at radius 2 is 2.14 bits per heavy atom. The summed E-state index contributed by atoms with van der Waals surface area (Å²) in [6.07, 6.45) is 3.15. The summed E-state index contributed by atoms with van der Waals surface area (Å²) in [6.45, 7) is 3.35. The zero-order valence-corrected chi connectivity index (χ0v) is 17.0. The predicted octanol–water partition coefficient (Wildman–Crippen LogP) is 3.81. The standard InChI is InChI=1S/C19H22F2N4O3S/c1-18(2,16-22-7-8-29-16)24-17(26)28-14-6-5-13(25-10-19(20,21)11-25)15(23-14)27-9-12-3-4-12/h5-8,12H,3-4,9-11H2,1-2H3,(H,24,26). The highest BCUT2D eigenvalue weighted by atomic mass is 32.1. The van der Waals surface area contributed by atoms with Gasteiger partial charge >= 0.3 is 6.09 Å². The third-order valence-corrected chi connectivity index (χ3v) is 5.83. The molecule has 1 aliphatic heterocycles. The highest BCUT2D eigenvalue weighted by molar-refractivity contribution is 7.09. The molecule has 0 unspecified atom stereocenters. The van der Waals surface area contributed by atoms with E-state index in [1.54, 1.807) is 12.3 Å². The van der Waals surface area contributed by atoms with Gasteiger partial charge in [-0.3, -0.25) is 0 Å². The highest BCUT2D eigenvalue weighted by Gasteiger charge is 2.45. The molecule has 2 aromatic rings. The summed E-state index contributed by atoms with van der Waals surface area (Å²) >= 11 is 1.43. The van der Waals surface area contributed by atoms with Crippen LogP contribution in [0.15, 0.2) is 23.7 Å². The maximum Gasteiger partial charge on any atom is 0.414 e. The molecule has 1 N–H and O–H groups in total. The third kappa shape index (κ3) is 4.75. The maximum absolute atomic E-state index is 13.3. The zero-order chi connectivity index (χ0) is 20.6. The van der Waals surface area contributed by atoms with Gasteiger partial charge in [-0.1, -0.05) is 0 Å². The number of carbonyl (C=O) groups is 1. The van der Waals surface area contributed by atoms with Gasteiger partial charge in [-0.25, -0.2) is 18.6 Å². The molecule has 4 rings (SSSR count). The number of hydrogen-bond donors (Lipinski definition) is 1. The molecule has 1 saturated carbocycles. The summed E-state index contributed by atoms with van der Waals surface area (Å²) in [4.78, 5) is 22.3. The van der Waals surface area contributed by atoms with Crippen LogP contribution < -0.4 is 19.7 Å². The van der Waals surface area contributed by atoms with E-state index < -0.39 is 17.6 Å². The number of nitrogens with one attached hydrogen (secondary N) is 1. The zero-order valence-electron chi connectivity index (χ0n) is 16.2. The Kier molecular flexibility index (Phi) is 5.05. The Morgan fingerprint density at radius 3 is 2.76 bits per heavy atom. The van der Waals surface area contributed by atoms with Crippen molar-refractivity contribution < 1.29 is 23.0 Å². The Balaban J connectivity index is 1.45. The Bertz CT molecular complexity index is 880. The van der Waals surface area contributed by atoms with Crippen molar-refractivity contribution in [3.05, 3.63) is 28.7 Å². The minimum atomic E-state index is -2.70. The van der Waals surface area contributed by atoms with E-state index in [4.69, 9.17) is 9.47 Å². The molecule has 156 valence electrons. The number of amides is 1. The van der Waals surface area contributed by atoms with Crippen LogP contribution in [0, 0.1) is 5.92 Å². The van der Waals surface area contributed by atoms with Crippen molar-refractivity contribution in [1.82, 2.24) is 15.3 Å². The monoisotopic (exact) mass is 424 g/mol. The number of carbonyl (C=O) groups excluding carboxylic acids is 1. The molecule has 1 aliphatic carbocycles. The van der Waals surface area contributed by atoms with Crippen molar-refractivity contribution in [2.75, 3.05) is 24.6 Å². The molecule has 0 bridgehead atoms. The van der Waals surface area contributed by atoms with Gasteiger partial charge in [0.1, 0.15) is 10.7 Å². The highest BCUT2D eigenvalue weighted by Crippen LogP contribution is 2.38. The molecule has 1 saturated heterocycles. The summed E-state index contributed by atoms with van der Waals surface area (Å²) in [5, 5.41) is 5.32. The van der Waals surface area contributed by atoms with Gasteiger partial charge in [-0.2, -0.15) is 4.98 Å². The second-order valence-corrected chi connectivity index (χ2v) is 8.81. The number of anilines is 1. The van der Waals surface area contributed by atoms with Gasteiger partial charge in [0.05, 0.1) is 25.2 Å². The molecule has 3 heterocycles. The fraction of sp³-hybridized carbons (Fsp3) is 0.526. The summed E-state index contributed by atoms with van der Waals surface area (Å²) in [7, 11) is 0. The molecule has 0 atom stereocenters. The van der Waals surface area contributed by atoms with E-state index in [0.29, 0.717) is 18.2 Å². The van der Waals surface area contributed by atoms with Crippen LogP contribution in [0.1, 0.15) is 31.7 Å². The van der Waals surface area contributed by atoms with Crippen molar-refractivity contribution >= 4 is 23.1 Å². The van der Waals surface area contributed by atoms with Crippen molar-refractivity contribution in [3.8, 4) is 11.8 Å². The van der Waals surface area contributed by atoms with Crippen LogP contribution in [-0.2, 0) is 5.54 Å². The van der Waals surface area contributed by atoms with Gasteiger partial charge in [0.15, 0.2) is 0 Å². The molecular weight excluding hydrogens is 402 g/mol. The first-order valence-electron chi connectivity index (χ1n) is 9.38. The summed E-state index contributed by atoms with van der Waals surface area (Å²) in [5.41, 5.74) is -0.230. The number of aromatic nitrogens is 2. The van der Waals surface area contributed by atoms with Gasteiger partial charge in [-0.15, -0.1) is 11.3 Å². The summed E-state index contributed by atoms with van der Waals surface area (Å²) in [6, 6.07) is 3.07. The summed E-state index contributed by atoms with van der Waals surface area (Å²) < 4.78 is 37.6. The fourth-order valence-corrected chi connectivity index (χ4v) is 3.66. The average molecular weight is 424 g/mol. The molecule has 2 fully saturated rings. The number of hydrogen-bond acceptors (Lipinski definition) is 7. The minimum absolute atomic E-state index is 0.0410. The quantitative estimate of drug-likeness (QED) is 0.729. The van der Waals surface area contributed by atoms with Crippen LogP contribution in [-0.4, -0.2) is 41.7 Å². The smallest absolute Gasteiger partial charge is 0.414 e. The van der Waals surface area contributed by atoms with E-state index in [-0.39, 0.29) is 24.8 Å². The first-order chi connectivity index (χ1) is 13.7. The topological polar surface area (TPSA) is 76.6 Å². The van der Waals surface area contributed by atoms with E-state index in [0.717, 1.165) is 17.8 Å². The van der Waals surface area contributed by atoms with Gasteiger partial charge in [0, 0.05) is 17.6 Å². The van der Waals surface area contributed by atoms with Crippen LogP contribution in [0.25, 0.3) is 0 Å². The van der Waals surface area contributed by atoms with Gasteiger partial charge in [0.25, 0.3) is 5.92 Å². The Morgan fingerprint density at radius 1 is 1.38 bits per heavy atom. The fourth-order valence-electron chi connectivity index (χ4n) is 2.94. The molecule has 1 amide bonds. The molecule has 10 heteroatoms. The van der Waals surface area contributed by atoms with E-state index in [1.165, 1.54) is 22.3 Å². The minimum Gasteiger partial charge on any atom is -0.476 e. The van der Waals surface area contributed by atoms with Crippen molar-refractivity contribution in [3.63, 3.8) is 0 Å². The van der Waals surface area contributed by atoms with Crippen LogP contribution in [0.2, 0.25) is 0 Å². The molecular formula is C19H22F2N4O3S. The number of halogens is 2. The Hall–Kier alpha value is -2.49. The number of alkyl halides is 2. The predicted molar refractivity (Wildman–Crippen MR) is 104 cm³/mol. The molecule has 0 aromatic carbocycles. The van der Waals surface area contributed by atoms with Crippen LogP contribution in [0.5, 0.6) is 11.8 Å². The van der Waals surface area contributed by atoms with Crippen LogP contribution >= 0.6 is 11.3 Å². The SMILES string of the molecule is CC(C)(NC(=O)Oc1ccc(N2CC(F)(F)C2)c(OCC2CC2)n1)c1nccs1. The molecule has 29 heavy (non-hydrogen) atoms. The normalized spacial score (nSPS) is 18.1. The van der Waals surface area contributed by atoms with Gasteiger partial charge in [-0.05, 0) is 38.7 Å². The van der Waals surface area contributed by atoms with Gasteiger partial charge < -0.3 is 19.7 Å². The third-order valence-electron chi connectivity index (χ3n) is 4.73. The first kappa shape index (κ1) is 19.8. The lowest BCUT2D eigenvalue weighted by Crippen LogP contribution is -2.56. The van der Waals surface area contributed by atoms with E-state index in [1.807, 2.05) is 19.2 Å². The van der Waals surface area contributed by atoms with E-state index in [2.05, 4.69) is 15.3 Å². The van der Waals surface area contributed by atoms with Crippen molar-refractivity contribution in [2.24, 2.45) is 5.92 Å². The lowest BCUT2D eigenvalue weighted by atomic mass is 10.1. The molecule has 2 aromatic heterocycles.